The zero-order valence-corrected chi connectivity index (χ0v) is 33.2. The Hall–Kier alpha value is -1.41. The summed E-state index contributed by atoms with van der Waals surface area (Å²) in [4.78, 5) is 13.0. The molecule has 0 radical (unpaired) electrons. The second kappa shape index (κ2) is 32.8. The molecule has 312 valence electrons. The van der Waals surface area contributed by atoms with Crippen molar-refractivity contribution in [3.8, 4) is 0 Å². The maximum Gasteiger partial charge on any atom is 0.249 e. The molecule has 1 rings (SSSR count). The maximum atomic E-state index is 13.0. The van der Waals surface area contributed by atoms with E-state index in [1.807, 2.05) is 0 Å². The minimum Gasteiger partial charge on any atom is -0.394 e. The minimum absolute atomic E-state index is 0.240. The van der Waals surface area contributed by atoms with Gasteiger partial charge >= 0.3 is 0 Å². The van der Waals surface area contributed by atoms with Gasteiger partial charge in [0.25, 0.3) is 0 Å². The molecular formula is C42H79NO10. The first-order valence-electron chi connectivity index (χ1n) is 21.2. The smallest absolute Gasteiger partial charge is 0.249 e. The lowest BCUT2D eigenvalue weighted by atomic mass is 9.98. The molecule has 1 amide bonds. The number of carbonyl (C=O) groups is 1. The number of amides is 1. The molecule has 9 atom stereocenters. The number of unbranched alkanes of at least 4 members (excludes halogenated alkanes) is 18. The van der Waals surface area contributed by atoms with Gasteiger partial charge in [-0.3, -0.25) is 4.79 Å². The average Bonchev–Trinajstić information content (AvgIpc) is 3.16. The van der Waals surface area contributed by atoms with E-state index in [-0.39, 0.29) is 12.8 Å². The zero-order valence-electron chi connectivity index (χ0n) is 33.2. The van der Waals surface area contributed by atoms with E-state index in [0.717, 1.165) is 51.4 Å². The van der Waals surface area contributed by atoms with Crippen molar-refractivity contribution in [1.29, 1.82) is 0 Å². The summed E-state index contributed by atoms with van der Waals surface area (Å²) in [6.07, 6.45) is 22.4. The van der Waals surface area contributed by atoms with E-state index in [2.05, 4.69) is 43.5 Å². The van der Waals surface area contributed by atoms with E-state index in [0.29, 0.717) is 12.8 Å². The van der Waals surface area contributed by atoms with Gasteiger partial charge in [0.05, 0.1) is 25.4 Å². The molecule has 9 unspecified atom stereocenters. The molecular weight excluding hydrogens is 678 g/mol. The van der Waals surface area contributed by atoms with Crippen LogP contribution in [-0.4, -0.2) is 110 Å². The summed E-state index contributed by atoms with van der Waals surface area (Å²) in [6.45, 7) is 3.37. The third-order valence-corrected chi connectivity index (χ3v) is 10.2. The van der Waals surface area contributed by atoms with E-state index in [9.17, 15) is 40.5 Å². The third-order valence-electron chi connectivity index (χ3n) is 10.2. The highest BCUT2D eigenvalue weighted by atomic mass is 16.7. The Morgan fingerprint density at radius 2 is 1.11 bits per heavy atom. The standard InChI is InChI=1S/C42H79NO10/c1-3-5-7-9-11-13-15-16-17-18-20-22-24-26-28-30-35(46)41(51)43-33(32-52-42-40(50)39(49)38(48)36(31-44)53-42)37(47)34(45)29-27-25-23-21-19-14-12-10-8-6-4-2/h17-18,21,23,33-40,42,44-50H,3-16,19-20,22,24-32H2,1-2H3,(H,43,51)/b18-17-,23-21+. The van der Waals surface area contributed by atoms with Gasteiger partial charge in [-0.1, -0.05) is 128 Å². The molecule has 0 saturated carbocycles. The topological polar surface area (TPSA) is 189 Å². The lowest BCUT2D eigenvalue weighted by molar-refractivity contribution is -0.303. The monoisotopic (exact) mass is 758 g/mol. The third kappa shape index (κ3) is 23.3. The number of hydrogen-bond acceptors (Lipinski definition) is 10. The predicted octanol–water partition coefficient (Wildman–Crippen LogP) is 5.89. The van der Waals surface area contributed by atoms with Gasteiger partial charge in [-0.15, -0.1) is 0 Å². The molecule has 1 aliphatic rings. The summed E-state index contributed by atoms with van der Waals surface area (Å²) in [5.74, 6) is -0.718. The molecule has 11 nitrogen and oxygen atoms in total. The second-order valence-corrected chi connectivity index (χ2v) is 15.1. The van der Waals surface area contributed by atoms with Crippen LogP contribution in [-0.2, 0) is 14.3 Å². The Bertz CT molecular complexity index is 918. The van der Waals surface area contributed by atoms with Crippen molar-refractivity contribution in [3.63, 3.8) is 0 Å². The van der Waals surface area contributed by atoms with Crippen LogP contribution in [0.25, 0.3) is 0 Å². The number of nitrogens with one attached hydrogen (secondary N) is 1. The molecule has 1 aliphatic heterocycles. The fraction of sp³-hybridized carbons (Fsp3) is 0.881. The van der Waals surface area contributed by atoms with Gasteiger partial charge in [-0.05, 0) is 64.2 Å². The summed E-state index contributed by atoms with van der Waals surface area (Å²) in [5, 5.41) is 75.3. The van der Waals surface area contributed by atoms with Crippen molar-refractivity contribution >= 4 is 5.91 Å². The van der Waals surface area contributed by atoms with E-state index in [1.54, 1.807) is 0 Å². The Labute approximate surface area is 321 Å². The molecule has 0 aromatic rings. The Morgan fingerprint density at radius 3 is 1.62 bits per heavy atom. The highest BCUT2D eigenvalue weighted by Gasteiger charge is 2.44. The van der Waals surface area contributed by atoms with Crippen LogP contribution in [0.2, 0.25) is 0 Å². The zero-order chi connectivity index (χ0) is 39.1. The normalized spacial score (nSPS) is 23.1. The van der Waals surface area contributed by atoms with Crippen molar-refractivity contribution in [2.75, 3.05) is 13.2 Å². The molecule has 0 spiro atoms. The molecule has 0 aromatic carbocycles. The number of hydrogen-bond donors (Lipinski definition) is 8. The lowest BCUT2D eigenvalue weighted by Gasteiger charge is -2.40. The van der Waals surface area contributed by atoms with Gasteiger partial charge in [0.2, 0.25) is 5.91 Å². The molecule has 8 N–H and O–H groups in total. The molecule has 1 heterocycles. The summed E-state index contributed by atoms with van der Waals surface area (Å²) >= 11 is 0. The molecule has 11 heteroatoms. The van der Waals surface area contributed by atoms with Crippen molar-refractivity contribution in [1.82, 2.24) is 5.32 Å². The van der Waals surface area contributed by atoms with Crippen LogP contribution < -0.4 is 5.32 Å². The average molecular weight is 758 g/mol. The Kier molecular flexibility index (Phi) is 30.7. The first-order chi connectivity index (χ1) is 25.7. The van der Waals surface area contributed by atoms with Crippen molar-refractivity contribution in [2.24, 2.45) is 0 Å². The molecule has 1 saturated heterocycles. The first kappa shape index (κ1) is 49.6. The largest absolute Gasteiger partial charge is 0.394 e. The molecule has 1 fully saturated rings. The van der Waals surface area contributed by atoms with Gasteiger partial charge in [-0.25, -0.2) is 0 Å². The predicted molar refractivity (Wildman–Crippen MR) is 210 cm³/mol. The number of aliphatic hydroxyl groups excluding tert-OH is 7. The first-order valence-corrected chi connectivity index (χ1v) is 21.2. The summed E-state index contributed by atoms with van der Waals surface area (Å²) in [7, 11) is 0. The summed E-state index contributed by atoms with van der Waals surface area (Å²) in [6, 6.07) is -1.18. The quantitative estimate of drug-likeness (QED) is 0.0291. The Balaban J connectivity index is 2.54. The number of rotatable bonds is 34. The minimum atomic E-state index is -1.67. The fourth-order valence-electron chi connectivity index (χ4n) is 6.61. The van der Waals surface area contributed by atoms with Crippen LogP contribution >= 0.6 is 0 Å². The van der Waals surface area contributed by atoms with E-state index in [4.69, 9.17) is 9.47 Å². The van der Waals surface area contributed by atoms with Crippen LogP contribution in [0, 0.1) is 0 Å². The SMILES string of the molecule is CCCCCCCC/C=C/CCCC(O)C(O)C(COC1OC(CO)C(O)C(O)C1O)NC(=O)C(O)CCCCCC/C=C\CCCCCCCCC. The number of carbonyl (C=O) groups excluding carboxylic acids is 1. The van der Waals surface area contributed by atoms with Crippen molar-refractivity contribution in [3.05, 3.63) is 24.3 Å². The van der Waals surface area contributed by atoms with E-state index >= 15 is 0 Å². The lowest BCUT2D eigenvalue weighted by Crippen LogP contribution is -2.60. The second-order valence-electron chi connectivity index (χ2n) is 15.1. The van der Waals surface area contributed by atoms with Crippen molar-refractivity contribution in [2.45, 2.75) is 223 Å². The van der Waals surface area contributed by atoms with Gasteiger partial charge in [0.15, 0.2) is 6.29 Å². The molecule has 53 heavy (non-hydrogen) atoms. The molecule has 0 bridgehead atoms. The Morgan fingerprint density at radius 1 is 0.642 bits per heavy atom. The van der Waals surface area contributed by atoms with E-state index < -0.39 is 74.2 Å². The van der Waals surface area contributed by atoms with Gasteiger partial charge in [-0.2, -0.15) is 0 Å². The van der Waals surface area contributed by atoms with Crippen LogP contribution in [0.4, 0.5) is 0 Å². The number of allylic oxidation sites excluding steroid dienone is 4. The number of aliphatic hydroxyl groups is 7. The van der Waals surface area contributed by atoms with E-state index in [1.165, 1.54) is 77.0 Å². The molecule has 0 aliphatic carbocycles. The van der Waals surface area contributed by atoms with Gasteiger partial charge in [0, 0.05) is 0 Å². The number of ether oxygens (including phenoxy) is 2. The van der Waals surface area contributed by atoms with Crippen LogP contribution in [0.1, 0.15) is 168 Å². The highest BCUT2D eigenvalue weighted by Crippen LogP contribution is 2.23. The van der Waals surface area contributed by atoms with Crippen LogP contribution in [0.3, 0.4) is 0 Å². The van der Waals surface area contributed by atoms with Gasteiger partial charge in [0.1, 0.15) is 36.6 Å². The van der Waals surface area contributed by atoms with Gasteiger partial charge < -0.3 is 50.5 Å². The van der Waals surface area contributed by atoms with Crippen LogP contribution in [0.5, 0.6) is 0 Å². The maximum absolute atomic E-state index is 13.0. The van der Waals surface area contributed by atoms with Crippen LogP contribution in [0.15, 0.2) is 24.3 Å². The fourth-order valence-corrected chi connectivity index (χ4v) is 6.61. The summed E-state index contributed by atoms with van der Waals surface area (Å²) < 4.78 is 11.0. The van der Waals surface area contributed by atoms with Crippen molar-refractivity contribution < 1.29 is 50.0 Å². The summed E-state index contributed by atoms with van der Waals surface area (Å²) in [5.41, 5.74) is 0. The highest BCUT2D eigenvalue weighted by molar-refractivity contribution is 5.80. The molecule has 0 aromatic heterocycles.